The van der Waals surface area contributed by atoms with E-state index < -0.39 is 0 Å². The first-order valence-corrected chi connectivity index (χ1v) is 6.14. The molecule has 1 amide bonds. The molecule has 1 aliphatic heterocycles. The summed E-state index contributed by atoms with van der Waals surface area (Å²) in [4.78, 5) is 23.2. The van der Waals surface area contributed by atoms with Gasteiger partial charge in [-0.25, -0.2) is 0 Å². The lowest BCUT2D eigenvalue weighted by atomic mass is 9.92. The Morgan fingerprint density at radius 2 is 2.31 bits per heavy atom. The van der Waals surface area contributed by atoms with Gasteiger partial charge in [0.1, 0.15) is 5.78 Å². The van der Waals surface area contributed by atoms with Gasteiger partial charge in [-0.1, -0.05) is 6.08 Å². The van der Waals surface area contributed by atoms with Crippen LogP contribution in [-0.2, 0) is 9.59 Å². The fraction of sp³-hybridized carbons (Fsp3) is 0.692. The van der Waals surface area contributed by atoms with E-state index in [0.717, 1.165) is 38.6 Å². The molecule has 1 rings (SSSR count). The number of Topliss-reactive ketones (excluding diaryl/α,β-unsaturated/α-hetero) is 1. The molecule has 0 aromatic carbocycles. The fourth-order valence-electron chi connectivity index (χ4n) is 2.04. The second-order valence-corrected chi connectivity index (χ2v) is 4.39. The molecular formula is C13H21NO2. The summed E-state index contributed by atoms with van der Waals surface area (Å²) in [7, 11) is 0. The van der Waals surface area contributed by atoms with Crippen LogP contribution in [0.1, 0.15) is 44.9 Å². The van der Waals surface area contributed by atoms with Crippen LogP contribution in [0.5, 0.6) is 0 Å². The molecule has 1 saturated heterocycles. The summed E-state index contributed by atoms with van der Waals surface area (Å²) < 4.78 is 0. The van der Waals surface area contributed by atoms with Gasteiger partial charge in [-0.2, -0.15) is 0 Å². The third-order valence-corrected chi connectivity index (χ3v) is 3.02. The van der Waals surface area contributed by atoms with Crippen molar-refractivity contribution >= 4 is 11.7 Å². The van der Waals surface area contributed by atoms with E-state index in [0.29, 0.717) is 12.8 Å². The molecule has 1 unspecified atom stereocenters. The normalized spacial score (nSPS) is 21.0. The summed E-state index contributed by atoms with van der Waals surface area (Å²) in [5, 5.41) is 2.80. The molecule has 3 nitrogen and oxygen atoms in total. The van der Waals surface area contributed by atoms with Crippen LogP contribution in [0.3, 0.4) is 0 Å². The van der Waals surface area contributed by atoms with Crippen LogP contribution in [0.15, 0.2) is 12.7 Å². The summed E-state index contributed by atoms with van der Waals surface area (Å²) in [5.74, 6) is 0.259. The van der Waals surface area contributed by atoms with Crippen molar-refractivity contribution in [2.75, 3.05) is 6.54 Å². The molecule has 90 valence electrons. The number of carbonyl (C=O) groups is 2. The lowest BCUT2D eigenvalue weighted by molar-refractivity contribution is -0.128. The zero-order valence-electron chi connectivity index (χ0n) is 9.84. The zero-order valence-corrected chi connectivity index (χ0v) is 9.84. The van der Waals surface area contributed by atoms with E-state index in [-0.39, 0.29) is 17.6 Å². The minimum atomic E-state index is -0.0359. The van der Waals surface area contributed by atoms with Crippen molar-refractivity contribution < 1.29 is 9.59 Å². The van der Waals surface area contributed by atoms with E-state index in [1.807, 2.05) is 6.08 Å². The summed E-state index contributed by atoms with van der Waals surface area (Å²) in [6, 6.07) is 0. The van der Waals surface area contributed by atoms with Crippen molar-refractivity contribution in [1.29, 1.82) is 0 Å². The maximum Gasteiger partial charge on any atom is 0.220 e. The van der Waals surface area contributed by atoms with Crippen LogP contribution in [0.4, 0.5) is 0 Å². The molecule has 0 spiro atoms. The first-order chi connectivity index (χ1) is 7.74. The number of nitrogens with one attached hydrogen (secondary N) is 1. The molecular weight excluding hydrogens is 202 g/mol. The molecule has 16 heavy (non-hydrogen) atoms. The Labute approximate surface area is 97.3 Å². The number of allylic oxidation sites excluding steroid dienone is 1. The van der Waals surface area contributed by atoms with Crippen molar-refractivity contribution in [3.8, 4) is 0 Å². The summed E-state index contributed by atoms with van der Waals surface area (Å²) in [6.07, 6.45) is 7.58. The molecule has 0 aromatic heterocycles. The molecule has 0 aromatic rings. The number of rotatable bonds is 6. The third-order valence-electron chi connectivity index (χ3n) is 3.02. The largest absolute Gasteiger partial charge is 0.356 e. The third kappa shape index (κ3) is 4.60. The van der Waals surface area contributed by atoms with Crippen molar-refractivity contribution in [2.24, 2.45) is 5.92 Å². The zero-order chi connectivity index (χ0) is 11.8. The second kappa shape index (κ2) is 7.20. The molecule has 0 saturated carbocycles. The van der Waals surface area contributed by atoms with Crippen LogP contribution < -0.4 is 5.32 Å². The van der Waals surface area contributed by atoms with E-state index in [1.165, 1.54) is 0 Å². The average Bonchev–Trinajstić information content (AvgIpc) is 2.49. The van der Waals surface area contributed by atoms with Gasteiger partial charge in [0.2, 0.25) is 5.91 Å². The van der Waals surface area contributed by atoms with E-state index in [2.05, 4.69) is 11.9 Å². The Kier molecular flexibility index (Phi) is 5.83. The molecule has 0 radical (unpaired) electrons. The number of amides is 1. The molecule has 1 N–H and O–H groups in total. The summed E-state index contributed by atoms with van der Waals surface area (Å²) >= 11 is 0. The lowest BCUT2D eigenvalue weighted by Gasteiger charge is -2.10. The van der Waals surface area contributed by atoms with Gasteiger partial charge in [-0.15, -0.1) is 6.58 Å². The summed E-state index contributed by atoms with van der Waals surface area (Å²) in [5.41, 5.74) is 0. The van der Waals surface area contributed by atoms with Crippen LogP contribution in [-0.4, -0.2) is 18.2 Å². The van der Waals surface area contributed by atoms with Gasteiger partial charge in [0.05, 0.1) is 0 Å². The Morgan fingerprint density at radius 1 is 1.50 bits per heavy atom. The van der Waals surface area contributed by atoms with Crippen LogP contribution in [0.25, 0.3) is 0 Å². The van der Waals surface area contributed by atoms with Crippen LogP contribution >= 0.6 is 0 Å². The van der Waals surface area contributed by atoms with Crippen molar-refractivity contribution in [3.63, 3.8) is 0 Å². The molecule has 3 heteroatoms. The molecule has 1 heterocycles. The minimum Gasteiger partial charge on any atom is -0.356 e. The van der Waals surface area contributed by atoms with Crippen molar-refractivity contribution in [2.45, 2.75) is 44.9 Å². The van der Waals surface area contributed by atoms with Gasteiger partial charge < -0.3 is 5.32 Å². The Bertz CT molecular complexity index is 261. The van der Waals surface area contributed by atoms with E-state index >= 15 is 0 Å². The highest BCUT2D eigenvalue weighted by atomic mass is 16.2. The number of hydrogen-bond acceptors (Lipinski definition) is 2. The van der Waals surface area contributed by atoms with Crippen LogP contribution in [0.2, 0.25) is 0 Å². The van der Waals surface area contributed by atoms with Crippen molar-refractivity contribution in [3.05, 3.63) is 12.7 Å². The Morgan fingerprint density at radius 3 is 3.06 bits per heavy atom. The van der Waals surface area contributed by atoms with E-state index in [9.17, 15) is 9.59 Å². The lowest BCUT2D eigenvalue weighted by Crippen LogP contribution is -2.24. The van der Waals surface area contributed by atoms with E-state index in [4.69, 9.17) is 0 Å². The highest BCUT2D eigenvalue weighted by Crippen LogP contribution is 2.18. The van der Waals surface area contributed by atoms with Gasteiger partial charge in [0, 0.05) is 25.3 Å². The standard InChI is InChI=1S/C13H21NO2/c1-2-3-4-5-8-12(15)11-7-6-9-14-13(16)10-11/h2,11H,1,3-10H2,(H,14,16). The average molecular weight is 223 g/mol. The van der Waals surface area contributed by atoms with Gasteiger partial charge in [0.15, 0.2) is 0 Å². The fourth-order valence-corrected chi connectivity index (χ4v) is 2.04. The monoisotopic (exact) mass is 223 g/mol. The first-order valence-electron chi connectivity index (χ1n) is 6.14. The quantitative estimate of drug-likeness (QED) is 0.554. The number of hydrogen-bond donors (Lipinski definition) is 1. The van der Waals surface area contributed by atoms with Gasteiger partial charge >= 0.3 is 0 Å². The predicted molar refractivity (Wildman–Crippen MR) is 64.0 cm³/mol. The molecule has 1 atom stereocenters. The first kappa shape index (κ1) is 12.9. The molecule has 0 bridgehead atoms. The Hall–Kier alpha value is -1.12. The maximum atomic E-state index is 11.9. The highest BCUT2D eigenvalue weighted by Gasteiger charge is 2.23. The van der Waals surface area contributed by atoms with Crippen LogP contribution in [0, 0.1) is 5.92 Å². The van der Waals surface area contributed by atoms with Gasteiger partial charge in [0.25, 0.3) is 0 Å². The molecule has 0 aliphatic carbocycles. The number of unbranched alkanes of at least 4 members (excludes halogenated alkanes) is 2. The smallest absolute Gasteiger partial charge is 0.220 e. The minimum absolute atomic E-state index is 0.0296. The summed E-state index contributed by atoms with van der Waals surface area (Å²) in [6.45, 7) is 4.37. The Balaban J connectivity index is 2.28. The second-order valence-electron chi connectivity index (χ2n) is 4.39. The number of carbonyl (C=O) groups excluding carboxylic acids is 2. The van der Waals surface area contributed by atoms with Crippen molar-refractivity contribution in [1.82, 2.24) is 5.32 Å². The van der Waals surface area contributed by atoms with Gasteiger partial charge in [-0.3, -0.25) is 9.59 Å². The maximum absolute atomic E-state index is 11.9. The number of ketones is 1. The topological polar surface area (TPSA) is 46.2 Å². The van der Waals surface area contributed by atoms with E-state index in [1.54, 1.807) is 0 Å². The molecule has 1 aliphatic rings. The highest BCUT2D eigenvalue weighted by molar-refractivity contribution is 5.87. The molecule has 1 fully saturated rings. The van der Waals surface area contributed by atoms with Gasteiger partial charge in [-0.05, 0) is 32.1 Å². The SMILES string of the molecule is C=CCCCCC(=O)C1CCCNC(=O)C1. The predicted octanol–water partition coefficient (Wildman–Crippen LogP) is 2.22.